The first-order chi connectivity index (χ1) is 5.81. The molecule has 0 saturated carbocycles. The Morgan fingerprint density at radius 2 is 2.33 bits per heavy atom. The van der Waals surface area contributed by atoms with E-state index in [-0.39, 0.29) is 12.6 Å². The number of carbonyl (C=O) groups excluding carboxylic acids is 1. The molecule has 0 aliphatic carbocycles. The number of allylic oxidation sites excluding steroid dienone is 1. The summed E-state index contributed by atoms with van der Waals surface area (Å²) in [5.41, 5.74) is 0. The lowest BCUT2D eigenvalue weighted by molar-refractivity contribution is 0.241. The van der Waals surface area contributed by atoms with E-state index < -0.39 is 0 Å². The maximum Gasteiger partial charge on any atom is 0.318 e. The Hall–Kier alpha value is -1.03. The van der Waals surface area contributed by atoms with Crippen LogP contribution >= 0.6 is 0 Å². The molecule has 12 heavy (non-hydrogen) atoms. The van der Waals surface area contributed by atoms with Gasteiger partial charge in [0, 0.05) is 19.4 Å². The first-order valence-electron chi connectivity index (χ1n) is 4.11. The zero-order valence-electron chi connectivity index (χ0n) is 7.34. The van der Waals surface area contributed by atoms with Crippen LogP contribution in [0.15, 0.2) is 12.3 Å². The van der Waals surface area contributed by atoms with Crippen LogP contribution in [0.2, 0.25) is 0 Å². The highest BCUT2D eigenvalue weighted by atomic mass is 16.3. The van der Waals surface area contributed by atoms with Crippen molar-refractivity contribution in [3.05, 3.63) is 12.3 Å². The lowest BCUT2D eigenvalue weighted by Crippen LogP contribution is -2.33. The van der Waals surface area contributed by atoms with Gasteiger partial charge in [0.2, 0.25) is 0 Å². The highest BCUT2D eigenvalue weighted by Gasteiger charge is 1.93. The van der Waals surface area contributed by atoms with E-state index >= 15 is 0 Å². The third kappa shape index (κ3) is 7.08. The van der Waals surface area contributed by atoms with E-state index in [1.54, 1.807) is 6.20 Å². The number of aliphatic hydroxyl groups is 1. The van der Waals surface area contributed by atoms with Crippen molar-refractivity contribution < 1.29 is 9.90 Å². The van der Waals surface area contributed by atoms with Gasteiger partial charge < -0.3 is 15.7 Å². The molecule has 0 spiro atoms. The number of nitrogens with one attached hydrogen (secondary N) is 2. The number of hydrogen-bond donors (Lipinski definition) is 3. The fourth-order valence-electron chi connectivity index (χ4n) is 0.584. The van der Waals surface area contributed by atoms with Gasteiger partial charge in [0.15, 0.2) is 0 Å². The van der Waals surface area contributed by atoms with Crippen LogP contribution in [-0.2, 0) is 0 Å². The van der Waals surface area contributed by atoms with Crippen molar-refractivity contribution in [2.24, 2.45) is 0 Å². The van der Waals surface area contributed by atoms with Crippen molar-refractivity contribution in [2.45, 2.75) is 19.8 Å². The minimum absolute atomic E-state index is 0.102. The molecule has 3 N–H and O–H groups in total. The molecule has 0 aromatic carbocycles. The molecule has 0 rings (SSSR count). The van der Waals surface area contributed by atoms with Crippen LogP contribution < -0.4 is 10.6 Å². The molecule has 0 fully saturated rings. The standard InChI is InChI=1S/C8H16N2O2/c1-2-3-5-9-8(12)10-6-4-7-11/h3,5,11H,2,4,6-7H2,1H3,(H2,9,10,12)/b5-3+. The largest absolute Gasteiger partial charge is 0.396 e. The molecule has 0 radical (unpaired) electrons. The molecule has 0 aromatic rings. The first-order valence-corrected chi connectivity index (χ1v) is 4.11. The number of rotatable bonds is 5. The van der Waals surface area contributed by atoms with E-state index in [1.807, 2.05) is 13.0 Å². The van der Waals surface area contributed by atoms with Crippen LogP contribution in [-0.4, -0.2) is 24.3 Å². The molecule has 0 aliphatic heterocycles. The molecule has 0 bridgehead atoms. The van der Waals surface area contributed by atoms with E-state index in [9.17, 15) is 4.79 Å². The summed E-state index contributed by atoms with van der Waals surface area (Å²) in [6, 6.07) is -0.229. The van der Waals surface area contributed by atoms with Crippen molar-refractivity contribution >= 4 is 6.03 Å². The van der Waals surface area contributed by atoms with Crippen LogP contribution in [0.25, 0.3) is 0 Å². The van der Waals surface area contributed by atoms with Gasteiger partial charge >= 0.3 is 6.03 Å². The maximum atomic E-state index is 10.8. The fraction of sp³-hybridized carbons (Fsp3) is 0.625. The summed E-state index contributed by atoms with van der Waals surface area (Å²) in [5.74, 6) is 0. The summed E-state index contributed by atoms with van der Waals surface area (Å²) in [7, 11) is 0. The van der Waals surface area contributed by atoms with Crippen LogP contribution in [0, 0.1) is 0 Å². The topological polar surface area (TPSA) is 61.4 Å². The quantitative estimate of drug-likeness (QED) is 0.531. The van der Waals surface area contributed by atoms with Crippen molar-refractivity contribution in [1.82, 2.24) is 10.6 Å². The summed E-state index contributed by atoms with van der Waals surface area (Å²) < 4.78 is 0. The Morgan fingerprint density at radius 3 is 2.92 bits per heavy atom. The highest BCUT2D eigenvalue weighted by molar-refractivity contribution is 5.74. The van der Waals surface area contributed by atoms with Crippen LogP contribution in [0.4, 0.5) is 4.79 Å². The van der Waals surface area contributed by atoms with Gasteiger partial charge in [0.25, 0.3) is 0 Å². The molecule has 0 unspecified atom stereocenters. The minimum Gasteiger partial charge on any atom is -0.396 e. The predicted molar refractivity (Wildman–Crippen MR) is 47.7 cm³/mol. The van der Waals surface area contributed by atoms with Crippen LogP contribution in [0.5, 0.6) is 0 Å². The molecular formula is C8H16N2O2. The summed E-state index contributed by atoms with van der Waals surface area (Å²) in [6.07, 6.45) is 4.95. The highest BCUT2D eigenvalue weighted by Crippen LogP contribution is 1.76. The van der Waals surface area contributed by atoms with E-state index in [2.05, 4.69) is 10.6 Å². The Balaban J connectivity index is 3.27. The van der Waals surface area contributed by atoms with E-state index in [4.69, 9.17) is 5.11 Å². The number of aliphatic hydroxyl groups excluding tert-OH is 1. The van der Waals surface area contributed by atoms with Gasteiger partial charge in [-0.1, -0.05) is 13.0 Å². The van der Waals surface area contributed by atoms with Crippen molar-refractivity contribution in [3.8, 4) is 0 Å². The average molecular weight is 172 g/mol. The normalized spacial score (nSPS) is 10.2. The number of carbonyl (C=O) groups is 1. The second-order valence-corrected chi connectivity index (χ2v) is 2.29. The fourth-order valence-corrected chi connectivity index (χ4v) is 0.584. The number of amides is 2. The number of urea groups is 1. The lowest BCUT2D eigenvalue weighted by Gasteiger charge is -2.01. The van der Waals surface area contributed by atoms with Crippen molar-refractivity contribution in [3.63, 3.8) is 0 Å². The zero-order chi connectivity index (χ0) is 9.23. The van der Waals surface area contributed by atoms with Gasteiger partial charge in [-0.2, -0.15) is 0 Å². The predicted octanol–water partition coefficient (Wildman–Crippen LogP) is 0.592. The molecule has 0 saturated heterocycles. The van der Waals surface area contributed by atoms with E-state index in [1.165, 1.54) is 0 Å². The van der Waals surface area contributed by atoms with Gasteiger partial charge in [0.1, 0.15) is 0 Å². The summed E-state index contributed by atoms with van der Waals surface area (Å²) in [6.45, 7) is 2.59. The van der Waals surface area contributed by atoms with Gasteiger partial charge in [-0.25, -0.2) is 4.79 Å². The molecular weight excluding hydrogens is 156 g/mol. The molecule has 0 atom stereocenters. The van der Waals surface area contributed by atoms with Gasteiger partial charge in [0.05, 0.1) is 0 Å². The average Bonchev–Trinajstić information content (AvgIpc) is 2.06. The maximum absolute atomic E-state index is 10.8. The summed E-state index contributed by atoms with van der Waals surface area (Å²) in [4.78, 5) is 10.8. The SMILES string of the molecule is CC/C=C/NC(=O)NCCCO. The Labute approximate surface area is 72.7 Å². The Kier molecular flexibility index (Phi) is 7.38. The Morgan fingerprint density at radius 1 is 1.58 bits per heavy atom. The van der Waals surface area contributed by atoms with Gasteiger partial charge in [-0.05, 0) is 12.8 Å². The second kappa shape index (κ2) is 8.07. The molecule has 4 heteroatoms. The smallest absolute Gasteiger partial charge is 0.318 e. The molecule has 70 valence electrons. The first kappa shape index (κ1) is 11.0. The third-order valence-corrected chi connectivity index (χ3v) is 1.19. The summed E-state index contributed by atoms with van der Waals surface area (Å²) in [5, 5.41) is 13.5. The molecule has 2 amide bonds. The van der Waals surface area contributed by atoms with E-state index in [0.29, 0.717) is 13.0 Å². The molecule has 0 heterocycles. The Bertz CT molecular complexity index is 146. The van der Waals surface area contributed by atoms with Crippen molar-refractivity contribution in [1.29, 1.82) is 0 Å². The third-order valence-electron chi connectivity index (χ3n) is 1.19. The van der Waals surface area contributed by atoms with Crippen LogP contribution in [0.1, 0.15) is 19.8 Å². The lowest BCUT2D eigenvalue weighted by atomic mass is 10.4. The molecule has 0 aromatic heterocycles. The monoisotopic (exact) mass is 172 g/mol. The van der Waals surface area contributed by atoms with Gasteiger partial charge in [-0.3, -0.25) is 0 Å². The summed E-state index contributed by atoms with van der Waals surface area (Å²) >= 11 is 0. The minimum atomic E-state index is -0.229. The zero-order valence-corrected chi connectivity index (χ0v) is 7.34. The van der Waals surface area contributed by atoms with Crippen molar-refractivity contribution in [2.75, 3.05) is 13.2 Å². The van der Waals surface area contributed by atoms with Crippen LogP contribution in [0.3, 0.4) is 0 Å². The van der Waals surface area contributed by atoms with Gasteiger partial charge in [-0.15, -0.1) is 0 Å². The molecule has 4 nitrogen and oxygen atoms in total. The molecule has 0 aliphatic rings. The second-order valence-electron chi connectivity index (χ2n) is 2.29. The number of hydrogen-bond acceptors (Lipinski definition) is 2. The van der Waals surface area contributed by atoms with E-state index in [0.717, 1.165) is 6.42 Å².